The van der Waals surface area contributed by atoms with Crippen molar-refractivity contribution in [3.05, 3.63) is 50.7 Å². The fraction of sp³-hybridized carbons (Fsp3) is 0.294. The molecule has 0 N–H and O–H groups in total. The largest absolute Gasteiger partial charge is 0.465 e. The quantitative estimate of drug-likeness (QED) is 0.590. The Balaban J connectivity index is 2.51. The third-order valence-corrected chi connectivity index (χ3v) is 4.24. The van der Waals surface area contributed by atoms with E-state index in [4.69, 9.17) is 32.7 Å². The highest BCUT2D eigenvalue weighted by Gasteiger charge is 2.36. The molecule has 1 heterocycles. The van der Waals surface area contributed by atoms with Crippen LogP contribution in [-0.4, -0.2) is 44.1 Å². The Labute approximate surface area is 150 Å². The highest BCUT2D eigenvalue weighted by molar-refractivity contribution is 6.35. The van der Waals surface area contributed by atoms with E-state index in [1.807, 2.05) is 0 Å². The molecule has 0 saturated carbocycles. The normalized spacial score (nSPS) is 16.3. The number of ether oxygens (including phenoxy) is 2. The van der Waals surface area contributed by atoms with E-state index in [1.165, 1.54) is 12.0 Å². The first-order valence-corrected chi connectivity index (χ1v) is 7.93. The van der Waals surface area contributed by atoms with Gasteiger partial charge in [-0.3, -0.25) is 4.79 Å². The first-order valence-electron chi connectivity index (χ1n) is 7.17. The van der Waals surface area contributed by atoms with Crippen LogP contribution in [0.2, 0.25) is 10.0 Å². The van der Waals surface area contributed by atoms with Crippen molar-refractivity contribution in [3.63, 3.8) is 0 Å². The van der Waals surface area contributed by atoms with E-state index in [1.54, 1.807) is 38.3 Å². The SMILES string of the molecule is COCCN1C(=O)/C(=C\c2ccc(Cl)cc2Cl)C(C(=O)OC)=C1C. The van der Waals surface area contributed by atoms with Crippen molar-refractivity contribution in [2.75, 3.05) is 27.4 Å². The van der Waals surface area contributed by atoms with Crippen LogP contribution in [0.5, 0.6) is 0 Å². The molecule has 0 fully saturated rings. The zero-order chi connectivity index (χ0) is 17.9. The Morgan fingerprint density at radius 3 is 2.58 bits per heavy atom. The lowest BCUT2D eigenvalue weighted by Crippen LogP contribution is -2.28. The van der Waals surface area contributed by atoms with Gasteiger partial charge in [-0.2, -0.15) is 0 Å². The van der Waals surface area contributed by atoms with Crippen LogP contribution in [0.1, 0.15) is 12.5 Å². The third kappa shape index (κ3) is 3.64. The molecule has 1 aliphatic heterocycles. The third-order valence-electron chi connectivity index (χ3n) is 3.68. The van der Waals surface area contributed by atoms with E-state index in [2.05, 4.69) is 0 Å². The van der Waals surface area contributed by atoms with Gasteiger partial charge in [0.05, 0.1) is 24.9 Å². The molecule has 1 aromatic rings. The number of amides is 1. The molecular weight excluding hydrogens is 353 g/mol. The summed E-state index contributed by atoms with van der Waals surface area (Å²) in [6.45, 7) is 2.39. The lowest BCUT2D eigenvalue weighted by molar-refractivity contribution is -0.136. The van der Waals surface area contributed by atoms with Crippen LogP contribution in [0, 0.1) is 0 Å². The molecule has 0 aliphatic carbocycles. The number of esters is 1. The van der Waals surface area contributed by atoms with E-state index >= 15 is 0 Å². The minimum absolute atomic E-state index is 0.226. The molecule has 1 amide bonds. The maximum Gasteiger partial charge on any atom is 0.340 e. The molecule has 0 unspecified atom stereocenters. The lowest BCUT2D eigenvalue weighted by Gasteiger charge is -2.16. The fourth-order valence-corrected chi connectivity index (χ4v) is 2.92. The van der Waals surface area contributed by atoms with Crippen LogP contribution in [-0.2, 0) is 19.1 Å². The van der Waals surface area contributed by atoms with E-state index < -0.39 is 5.97 Å². The second kappa shape index (κ2) is 7.83. The number of nitrogens with zero attached hydrogens (tertiary/aromatic N) is 1. The molecule has 24 heavy (non-hydrogen) atoms. The monoisotopic (exact) mass is 369 g/mol. The standard InChI is InChI=1S/C17H17Cl2NO4/c1-10-15(17(22)24-3)13(16(21)20(10)6-7-23-2)8-11-4-5-12(18)9-14(11)19/h4-5,8-9H,6-7H2,1-3H3/b13-8-. The summed E-state index contributed by atoms with van der Waals surface area (Å²) < 4.78 is 9.84. The molecule has 0 atom stereocenters. The molecule has 2 rings (SSSR count). The average molecular weight is 370 g/mol. The van der Waals surface area contributed by atoms with E-state index in [-0.39, 0.29) is 17.1 Å². The zero-order valence-electron chi connectivity index (χ0n) is 13.6. The van der Waals surface area contributed by atoms with Crippen molar-refractivity contribution in [3.8, 4) is 0 Å². The van der Waals surface area contributed by atoms with Crippen LogP contribution < -0.4 is 0 Å². The summed E-state index contributed by atoms with van der Waals surface area (Å²) in [7, 11) is 2.82. The van der Waals surface area contributed by atoms with Gasteiger partial charge in [0.1, 0.15) is 0 Å². The molecule has 128 valence electrons. The van der Waals surface area contributed by atoms with Crippen molar-refractivity contribution in [2.24, 2.45) is 0 Å². The van der Waals surface area contributed by atoms with Crippen LogP contribution >= 0.6 is 23.2 Å². The lowest BCUT2D eigenvalue weighted by atomic mass is 10.0. The highest BCUT2D eigenvalue weighted by atomic mass is 35.5. The first kappa shape index (κ1) is 18.5. The van der Waals surface area contributed by atoms with Gasteiger partial charge in [-0.05, 0) is 30.7 Å². The molecular formula is C17H17Cl2NO4. The number of hydrogen-bond donors (Lipinski definition) is 0. The summed E-state index contributed by atoms with van der Waals surface area (Å²) in [6.07, 6.45) is 1.57. The van der Waals surface area contributed by atoms with Gasteiger partial charge >= 0.3 is 5.97 Å². The van der Waals surface area contributed by atoms with Crippen LogP contribution in [0.15, 0.2) is 35.0 Å². The van der Waals surface area contributed by atoms with Crippen molar-refractivity contribution < 1.29 is 19.1 Å². The maximum absolute atomic E-state index is 12.7. The Bertz CT molecular complexity index is 740. The molecule has 0 aromatic heterocycles. The van der Waals surface area contributed by atoms with Gasteiger partial charge in [0.25, 0.3) is 5.91 Å². The van der Waals surface area contributed by atoms with Gasteiger partial charge in [-0.15, -0.1) is 0 Å². The summed E-state index contributed by atoms with van der Waals surface area (Å²) in [5.74, 6) is -0.868. The second-order valence-electron chi connectivity index (χ2n) is 5.13. The smallest absolute Gasteiger partial charge is 0.340 e. The molecule has 7 heteroatoms. The minimum atomic E-state index is -0.572. The van der Waals surface area contributed by atoms with E-state index in [9.17, 15) is 9.59 Å². The van der Waals surface area contributed by atoms with Crippen molar-refractivity contribution in [1.82, 2.24) is 4.90 Å². The second-order valence-corrected chi connectivity index (χ2v) is 5.97. The summed E-state index contributed by atoms with van der Waals surface area (Å²) in [5.41, 5.74) is 1.58. The maximum atomic E-state index is 12.7. The summed E-state index contributed by atoms with van der Waals surface area (Å²) >= 11 is 12.1. The number of hydrogen-bond acceptors (Lipinski definition) is 4. The molecule has 1 aromatic carbocycles. The molecule has 0 radical (unpaired) electrons. The molecule has 1 aliphatic rings. The van der Waals surface area contributed by atoms with Crippen molar-refractivity contribution in [2.45, 2.75) is 6.92 Å². The molecule has 0 bridgehead atoms. The number of benzene rings is 1. The average Bonchev–Trinajstić information content (AvgIpc) is 2.78. The zero-order valence-corrected chi connectivity index (χ0v) is 15.1. The number of rotatable bonds is 5. The Morgan fingerprint density at radius 1 is 1.29 bits per heavy atom. The number of carbonyl (C=O) groups is 2. The predicted octanol–water partition coefficient (Wildman–Crippen LogP) is 3.31. The van der Waals surface area contributed by atoms with Crippen LogP contribution in [0.25, 0.3) is 6.08 Å². The summed E-state index contributed by atoms with van der Waals surface area (Å²) in [6, 6.07) is 4.93. The summed E-state index contributed by atoms with van der Waals surface area (Å²) in [5, 5.41) is 0.876. The van der Waals surface area contributed by atoms with Crippen molar-refractivity contribution in [1.29, 1.82) is 0 Å². The first-order chi connectivity index (χ1) is 11.4. The van der Waals surface area contributed by atoms with Crippen LogP contribution in [0.3, 0.4) is 0 Å². The highest BCUT2D eigenvalue weighted by Crippen LogP contribution is 2.33. The van der Waals surface area contributed by atoms with E-state index in [0.29, 0.717) is 34.5 Å². The number of carbonyl (C=O) groups excluding carboxylic acids is 2. The van der Waals surface area contributed by atoms with Gasteiger partial charge in [0, 0.05) is 29.4 Å². The Morgan fingerprint density at radius 2 is 2.00 bits per heavy atom. The minimum Gasteiger partial charge on any atom is -0.465 e. The molecule has 5 nitrogen and oxygen atoms in total. The predicted molar refractivity (Wildman–Crippen MR) is 92.7 cm³/mol. The van der Waals surface area contributed by atoms with Gasteiger partial charge in [-0.25, -0.2) is 4.79 Å². The van der Waals surface area contributed by atoms with Gasteiger partial charge in [0.2, 0.25) is 0 Å². The molecule has 0 saturated heterocycles. The number of allylic oxidation sites excluding steroid dienone is 1. The molecule has 0 spiro atoms. The fourth-order valence-electron chi connectivity index (χ4n) is 2.45. The van der Waals surface area contributed by atoms with Gasteiger partial charge < -0.3 is 14.4 Å². The Kier molecular flexibility index (Phi) is 6.04. The van der Waals surface area contributed by atoms with Crippen LogP contribution in [0.4, 0.5) is 0 Å². The van der Waals surface area contributed by atoms with Gasteiger partial charge in [-0.1, -0.05) is 29.3 Å². The topological polar surface area (TPSA) is 55.8 Å². The number of halogens is 2. The number of methoxy groups -OCH3 is 2. The van der Waals surface area contributed by atoms with Crippen molar-refractivity contribution >= 4 is 41.2 Å². The van der Waals surface area contributed by atoms with Gasteiger partial charge in [0.15, 0.2) is 0 Å². The van der Waals surface area contributed by atoms with E-state index in [0.717, 1.165) is 0 Å². The summed E-state index contributed by atoms with van der Waals surface area (Å²) in [4.78, 5) is 26.4. The Hall–Kier alpha value is -1.82.